The number of hydrogen-bond donors (Lipinski definition) is 0. The number of nitrogens with zero attached hydrogens (tertiary/aromatic N) is 1. The lowest BCUT2D eigenvalue weighted by Crippen LogP contribution is -1.73. The van der Waals surface area contributed by atoms with Crippen LogP contribution in [0.1, 0.15) is 11.1 Å². The molecule has 56 valence electrons. The fourth-order valence-corrected chi connectivity index (χ4v) is 0.788. The Morgan fingerprint density at radius 1 is 1.25 bits per heavy atom. The molecule has 0 radical (unpaired) electrons. The van der Waals surface area contributed by atoms with Gasteiger partial charge < -0.3 is 0 Å². The molecular weight excluding hydrogens is 146 g/mol. The maximum absolute atomic E-state index is 8.51. The Hall–Kier alpha value is -1.99. The number of rotatable bonds is 1. The smallest absolute Gasteiger partial charge is 0.0991 e. The van der Waals surface area contributed by atoms with Crippen LogP contribution in [0.2, 0.25) is 0 Å². The van der Waals surface area contributed by atoms with E-state index in [2.05, 4.69) is 18.0 Å². The summed E-state index contributed by atoms with van der Waals surface area (Å²) in [5.74, 6) is 0. The van der Waals surface area contributed by atoms with Gasteiger partial charge in [0, 0.05) is 0 Å². The van der Waals surface area contributed by atoms with Gasteiger partial charge in [0.15, 0.2) is 0 Å². The van der Waals surface area contributed by atoms with Crippen molar-refractivity contribution in [1.29, 1.82) is 5.26 Å². The molecule has 0 bridgehead atoms. The zero-order valence-electron chi connectivity index (χ0n) is 6.54. The van der Waals surface area contributed by atoms with Crippen LogP contribution in [0.5, 0.6) is 0 Å². The average Bonchev–Trinajstić information content (AvgIpc) is 2.15. The highest BCUT2D eigenvalue weighted by Crippen LogP contribution is 2.03. The fourth-order valence-electron chi connectivity index (χ4n) is 0.788. The largest absolute Gasteiger partial charge is 0.192 e. The molecule has 1 rings (SSSR count). The zero-order chi connectivity index (χ0) is 8.81. The van der Waals surface area contributed by atoms with Crippen molar-refractivity contribution >= 4 is 6.08 Å². The van der Waals surface area contributed by atoms with Crippen LogP contribution in [0.4, 0.5) is 0 Å². The second-order valence-electron chi connectivity index (χ2n) is 2.20. The lowest BCUT2D eigenvalue weighted by Gasteiger charge is -1.89. The molecule has 0 aliphatic rings. The molecule has 0 aromatic heterocycles. The second kappa shape index (κ2) is 4.01. The van der Waals surface area contributed by atoms with Gasteiger partial charge in [-0.05, 0) is 30.4 Å². The van der Waals surface area contributed by atoms with E-state index >= 15 is 0 Å². The summed E-state index contributed by atoms with van der Waals surface area (Å²) < 4.78 is 0. The maximum Gasteiger partial charge on any atom is 0.0991 e. The van der Waals surface area contributed by atoms with Crippen LogP contribution in [0.3, 0.4) is 0 Å². The maximum atomic E-state index is 8.51. The third-order valence-corrected chi connectivity index (χ3v) is 1.38. The Kier molecular flexibility index (Phi) is 2.71. The Morgan fingerprint density at radius 3 is 2.42 bits per heavy atom. The van der Waals surface area contributed by atoms with Crippen LogP contribution in [0, 0.1) is 11.3 Å². The van der Waals surface area contributed by atoms with E-state index in [1.807, 2.05) is 18.2 Å². The van der Waals surface area contributed by atoms with Crippen molar-refractivity contribution < 1.29 is 0 Å². The quantitative estimate of drug-likeness (QED) is 0.568. The van der Waals surface area contributed by atoms with Gasteiger partial charge in [-0.3, -0.25) is 0 Å². The van der Waals surface area contributed by atoms with Crippen molar-refractivity contribution in [3.8, 4) is 6.07 Å². The highest BCUT2D eigenvalue weighted by Gasteiger charge is 1.87. The van der Waals surface area contributed by atoms with Crippen molar-refractivity contribution in [2.45, 2.75) is 0 Å². The predicted octanol–water partition coefficient (Wildman–Crippen LogP) is 2.51. The van der Waals surface area contributed by atoms with E-state index in [4.69, 9.17) is 5.26 Å². The summed E-state index contributed by atoms with van der Waals surface area (Å²) >= 11 is 0. The van der Waals surface area contributed by atoms with Crippen molar-refractivity contribution in [3.63, 3.8) is 0 Å². The highest BCUT2D eigenvalue weighted by molar-refractivity contribution is 5.50. The lowest BCUT2D eigenvalue weighted by molar-refractivity contribution is 1.48. The average molecular weight is 153 g/mol. The first kappa shape index (κ1) is 8.11. The molecule has 1 nitrogen and oxygen atoms in total. The molecule has 1 aromatic rings. The lowest BCUT2D eigenvalue weighted by atomic mass is 10.1. The summed E-state index contributed by atoms with van der Waals surface area (Å²) in [7, 11) is 0. The molecule has 0 saturated carbocycles. The Morgan fingerprint density at radius 2 is 1.92 bits per heavy atom. The summed E-state index contributed by atoms with van der Waals surface area (Å²) in [6.45, 7) is 3.39. The van der Waals surface area contributed by atoms with E-state index in [1.54, 1.807) is 18.2 Å². The first-order valence-corrected chi connectivity index (χ1v) is 3.48. The molecular formula is C11H7N. The molecule has 0 unspecified atom stereocenters. The molecule has 0 aliphatic heterocycles. The minimum atomic E-state index is 0.662. The summed E-state index contributed by atoms with van der Waals surface area (Å²) in [5.41, 5.74) is 6.91. The van der Waals surface area contributed by atoms with Gasteiger partial charge in [0.2, 0.25) is 0 Å². The molecule has 1 aromatic carbocycles. The second-order valence-corrected chi connectivity index (χ2v) is 2.20. The van der Waals surface area contributed by atoms with Crippen molar-refractivity contribution in [3.05, 3.63) is 53.4 Å². The monoisotopic (exact) mass is 153 g/mol. The molecule has 0 atom stereocenters. The van der Waals surface area contributed by atoms with E-state index in [1.165, 1.54) is 0 Å². The molecule has 0 spiro atoms. The van der Waals surface area contributed by atoms with Gasteiger partial charge in [-0.2, -0.15) is 5.26 Å². The molecule has 0 N–H and O–H groups in total. The van der Waals surface area contributed by atoms with E-state index in [0.29, 0.717) is 5.56 Å². The van der Waals surface area contributed by atoms with Crippen LogP contribution < -0.4 is 0 Å². The number of nitriles is 1. The van der Waals surface area contributed by atoms with Crippen LogP contribution in [0.25, 0.3) is 6.08 Å². The number of hydrogen-bond acceptors (Lipinski definition) is 1. The molecule has 0 amide bonds. The minimum Gasteiger partial charge on any atom is -0.192 e. The summed E-state index contributed by atoms with van der Waals surface area (Å²) in [4.78, 5) is 0. The standard InChI is InChI=1S/C11H7N/c1-2-3-4-10-5-7-11(9-12)8-6-10/h4-8H,1H2. The first-order chi connectivity index (χ1) is 5.86. The number of benzene rings is 1. The van der Waals surface area contributed by atoms with Crippen LogP contribution in [0.15, 0.2) is 42.3 Å². The molecule has 0 saturated heterocycles. The third kappa shape index (κ3) is 2.01. The highest BCUT2D eigenvalue weighted by atomic mass is 14.2. The van der Waals surface area contributed by atoms with Gasteiger partial charge in [-0.1, -0.05) is 23.6 Å². The van der Waals surface area contributed by atoms with E-state index in [9.17, 15) is 0 Å². The van der Waals surface area contributed by atoms with Gasteiger partial charge in [0.25, 0.3) is 0 Å². The third-order valence-electron chi connectivity index (χ3n) is 1.38. The topological polar surface area (TPSA) is 23.8 Å². The summed E-state index contributed by atoms with van der Waals surface area (Å²) in [5, 5.41) is 8.51. The minimum absolute atomic E-state index is 0.662. The van der Waals surface area contributed by atoms with E-state index in [-0.39, 0.29) is 0 Å². The van der Waals surface area contributed by atoms with Crippen LogP contribution in [-0.2, 0) is 0 Å². The Bertz CT molecular complexity index is 380. The van der Waals surface area contributed by atoms with Crippen molar-refractivity contribution in [2.75, 3.05) is 0 Å². The normalized spacial score (nSPS) is 7.58. The van der Waals surface area contributed by atoms with E-state index in [0.717, 1.165) is 5.56 Å². The van der Waals surface area contributed by atoms with Crippen LogP contribution >= 0.6 is 0 Å². The molecule has 1 heteroatoms. The Balaban J connectivity index is 3.02. The molecule has 0 aliphatic carbocycles. The molecule has 12 heavy (non-hydrogen) atoms. The van der Waals surface area contributed by atoms with Gasteiger partial charge in [-0.25, -0.2) is 0 Å². The SMILES string of the molecule is C=C=C=Cc1ccc(C#N)cc1. The zero-order valence-corrected chi connectivity index (χ0v) is 6.54. The van der Waals surface area contributed by atoms with Gasteiger partial charge in [0.1, 0.15) is 0 Å². The van der Waals surface area contributed by atoms with Gasteiger partial charge in [0.05, 0.1) is 11.6 Å². The molecule has 0 fully saturated rings. The van der Waals surface area contributed by atoms with Gasteiger partial charge >= 0.3 is 0 Å². The predicted molar refractivity (Wildman–Crippen MR) is 48.3 cm³/mol. The molecule has 0 heterocycles. The fraction of sp³-hybridized carbons (Fsp3) is 0. The van der Waals surface area contributed by atoms with Crippen molar-refractivity contribution in [2.24, 2.45) is 0 Å². The van der Waals surface area contributed by atoms with Gasteiger partial charge in [-0.15, -0.1) is 0 Å². The summed E-state index contributed by atoms with van der Waals surface area (Å²) in [6, 6.07) is 9.27. The van der Waals surface area contributed by atoms with Crippen LogP contribution in [-0.4, -0.2) is 0 Å². The first-order valence-electron chi connectivity index (χ1n) is 3.48. The van der Waals surface area contributed by atoms with E-state index < -0.39 is 0 Å². The summed E-state index contributed by atoms with van der Waals surface area (Å²) in [6.07, 6.45) is 1.76. The Labute approximate surface area is 71.6 Å². The van der Waals surface area contributed by atoms with Crippen molar-refractivity contribution in [1.82, 2.24) is 0 Å².